The van der Waals surface area contributed by atoms with Crippen LogP contribution in [0.1, 0.15) is 10.4 Å². The molecule has 9 heteroatoms. The van der Waals surface area contributed by atoms with E-state index in [1.165, 1.54) is 16.4 Å². The van der Waals surface area contributed by atoms with Crippen LogP contribution in [0.25, 0.3) is 11.3 Å². The fourth-order valence-electron chi connectivity index (χ4n) is 3.26. The zero-order chi connectivity index (χ0) is 21.8. The molecule has 31 heavy (non-hydrogen) atoms. The third kappa shape index (κ3) is 4.77. The SMILES string of the molecule is O=C(Nc1ccc(Cl)c(-c2ccccn2)c1)c1cccc(S(=O)(=O)N2CCOCC2)c1. The highest BCUT2D eigenvalue weighted by atomic mass is 35.5. The number of morpholine rings is 1. The van der Waals surface area contributed by atoms with Gasteiger partial charge in [0, 0.05) is 36.1 Å². The fourth-order valence-corrected chi connectivity index (χ4v) is 4.93. The molecule has 2 aromatic carbocycles. The lowest BCUT2D eigenvalue weighted by Gasteiger charge is -2.26. The molecule has 160 valence electrons. The van der Waals surface area contributed by atoms with E-state index >= 15 is 0 Å². The van der Waals surface area contributed by atoms with E-state index in [0.29, 0.717) is 48.3 Å². The zero-order valence-corrected chi connectivity index (χ0v) is 18.1. The molecule has 1 aromatic heterocycles. The van der Waals surface area contributed by atoms with Gasteiger partial charge in [0.05, 0.1) is 28.8 Å². The predicted octanol–water partition coefficient (Wildman–Crippen LogP) is 3.68. The van der Waals surface area contributed by atoms with Gasteiger partial charge in [0.25, 0.3) is 5.91 Å². The monoisotopic (exact) mass is 457 g/mol. The quantitative estimate of drug-likeness (QED) is 0.631. The van der Waals surface area contributed by atoms with Crippen LogP contribution in [-0.2, 0) is 14.8 Å². The number of benzene rings is 2. The lowest BCUT2D eigenvalue weighted by atomic mass is 10.1. The van der Waals surface area contributed by atoms with Crippen molar-refractivity contribution in [3.05, 3.63) is 77.4 Å². The Balaban J connectivity index is 1.57. The molecule has 1 amide bonds. The maximum Gasteiger partial charge on any atom is 0.255 e. The molecule has 0 bridgehead atoms. The molecule has 0 saturated carbocycles. The minimum absolute atomic E-state index is 0.0762. The summed E-state index contributed by atoms with van der Waals surface area (Å²) in [7, 11) is -3.69. The van der Waals surface area contributed by atoms with Crippen LogP contribution in [-0.4, -0.2) is 49.9 Å². The van der Waals surface area contributed by atoms with Gasteiger partial charge in [-0.05, 0) is 48.5 Å². The van der Waals surface area contributed by atoms with E-state index in [1.807, 2.05) is 12.1 Å². The number of carbonyl (C=O) groups is 1. The minimum atomic E-state index is -3.69. The summed E-state index contributed by atoms with van der Waals surface area (Å²) in [5.74, 6) is -0.423. The van der Waals surface area contributed by atoms with Gasteiger partial charge < -0.3 is 10.1 Å². The van der Waals surface area contributed by atoms with Crippen molar-refractivity contribution in [2.45, 2.75) is 4.90 Å². The van der Waals surface area contributed by atoms with E-state index < -0.39 is 15.9 Å². The lowest BCUT2D eigenvalue weighted by Crippen LogP contribution is -2.40. The molecule has 0 spiro atoms. The summed E-state index contributed by atoms with van der Waals surface area (Å²) < 4.78 is 32.3. The highest BCUT2D eigenvalue weighted by molar-refractivity contribution is 7.89. The van der Waals surface area contributed by atoms with Gasteiger partial charge in [-0.15, -0.1) is 0 Å². The Bertz CT molecular complexity index is 1200. The summed E-state index contributed by atoms with van der Waals surface area (Å²) >= 11 is 6.30. The number of aromatic nitrogens is 1. The van der Waals surface area contributed by atoms with Gasteiger partial charge in [0.15, 0.2) is 0 Å². The largest absolute Gasteiger partial charge is 0.379 e. The van der Waals surface area contributed by atoms with E-state index in [0.717, 1.165) is 0 Å². The number of sulfonamides is 1. The van der Waals surface area contributed by atoms with Crippen molar-refractivity contribution in [3.8, 4) is 11.3 Å². The molecule has 3 aromatic rings. The third-order valence-corrected chi connectivity index (χ3v) is 7.09. The van der Waals surface area contributed by atoms with E-state index in [9.17, 15) is 13.2 Å². The Labute approximate surface area is 185 Å². The molecular weight excluding hydrogens is 438 g/mol. The number of hydrogen-bond acceptors (Lipinski definition) is 5. The minimum Gasteiger partial charge on any atom is -0.379 e. The lowest BCUT2D eigenvalue weighted by molar-refractivity contribution is 0.0730. The van der Waals surface area contributed by atoms with Crippen molar-refractivity contribution in [1.29, 1.82) is 0 Å². The van der Waals surface area contributed by atoms with Gasteiger partial charge in [0.1, 0.15) is 0 Å². The van der Waals surface area contributed by atoms with Crippen LogP contribution in [0, 0.1) is 0 Å². The first kappa shape index (κ1) is 21.5. The smallest absolute Gasteiger partial charge is 0.255 e. The summed E-state index contributed by atoms with van der Waals surface area (Å²) in [6.07, 6.45) is 1.66. The molecular formula is C22H20ClN3O4S. The molecule has 1 N–H and O–H groups in total. The first-order valence-electron chi connectivity index (χ1n) is 9.65. The molecule has 7 nitrogen and oxygen atoms in total. The van der Waals surface area contributed by atoms with Gasteiger partial charge in [0.2, 0.25) is 10.0 Å². The van der Waals surface area contributed by atoms with Crippen LogP contribution in [0.3, 0.4) is 0 Å². The Morgan fingerprint density at radius 2 is 1.84 bits per heavy atom. The molecule has 1 aliphatic heterocycles. The number of nitrogens with zero attached hydrogens (tertiary/aromatic N) is 2. The van der Waals surface area contributed by atoms with E-state index in [-0.39, 0.29) is 10.5 Å². The second kappa shape index (κ2) is 9.15. The van der Waals surface area contributed by atoms with Gasteiger partial charge in [-0.25, -0.2) is 8.42 Å². The van der Waals surface area contributed by atoms with Gasteiger partial charge >= 0.3 is 0 Å². The standard InChI is InChI=1S/C22H20ClN3O4S/c23-20-8-7-17(15-19(20)21-6-1-2-9-24-21)25-22(27)16-4-3-5-18(14-16)31(28,29)26-10-12-30-13-11-26/h1-9,14-15H,10-13H2,(H,25,27). The summed E-state index contributed by atoms with van der Waals surface area (Å²) in [6, 6.07) is 16.6. The highest BCUT2D eigenvalue weighted by Crippen LogP contribution is 2.29. The molecule has 0 unspecified atom stereocenters. The van der Waals surface area contributed by atoms with Crippen LogP contribution < -0.4 is 5.32 Å². The Kier molecular flexibility index (Phi) is 6.33. The second-order valence-corrected chi connectivity index (χ2v) is 9.25. The molecule has 0 aliphatic carbocycles. The summed E-state index contributed by atoms with van der Waals surface area (Å²) in [4.78, 5) is 17.2. The van der Waals surface area contributed by atoms with E-state index in [2.05, 4.69) is 10.3 Å². The zero-order valence-electron chi connectivity index (χ0n) is 16.5. The van der Waals surface area contributed by atoms with Crippen molar-refractivity contribution in [2.24, 2.45) is 0 Å². The first-order chi connectivity index (χ1) is 14.9. The van der Waals surface area contributed by atoms with Crippen molar-refractivity contribution in [2.75, 3.05) is 31.6 Å². The van der Waals surface area contributed by atoms with Gasteiger partial charge in [-0.2, -0.15) is 4.31 Å². The normalized spacial score (nSPS) is 14.9. The summed E-state index contributed by atoms with van der Waals surface area (Å²) in [6.45, 7) is 1.29. The first-order valence-corrected chi connectivity index (χ1v) is 11.5. The third-order valence-electron chi connectivity index (χ3n) is 4.87. The number of carbonyl (C=O) groups excluding carboxylic acids is 1. The molecule has 4 rings (SSSR count). The number of nitrogens with one attached hydrogen (secondary N) is 1. The number of halogens is 1. The maximum absolute atomic E-state index is 12.9. The van der Waals surface area contributed by atoms with Crippen molar-refractivity contribution in [1.82, 2.24) is 9.29 Å². The number of rotatable bonds is 5. The average molecular weight is 458 g/mol. The number of pyridine rings is 1. The predicted molar refractivity (Wildman–Crippen MR) is 119 cm³/mol. The van der Waals surface area contributed by atoms with Crippen molar-refractivity contribution < 1.29 is 17.9 Å². The molecule has 0 radical (unpaired) electrons. The Hall–Kier alpha value is -2.78. The Morgan fingerprint density at radius 3 is 2.58 bits per heavy atom. The topological polar surface area (TPSA) is 88.6 Å². The van der Waals surface area contributed by atoms with E-state index in [1.54, 1.807) is 42.6 Å². The second-order valence-electron chi connectivity index (χ2n) is 6.91. The summed E-state index contributed by atoms with van der Waals surface area (Å²) in [5.41, 5.74) is 2.13. The molecule has 1 saturated heterocycles. The molecule has 1 aliphatic rings. The maximum atomic E-state index is 12.9. The van der Waals surface area contributed by atoms with E-state index in [4.69, 9.17) is 16.3 Å². The highest BCUT2D eigenvalue weighted by Gasteiger charge is 2.26. The molecule has 1 fully saturated rings. The Morgan fingerprint density at radius 1 is 1.03 bits per heavy atom. The molecule has 2 heterocycles. The van der Waals surface area contributed by atoms with Crippen LogP contribution in [0.15, 0.2) is 71.8 Å². The number of anilines is 1. The van der Waals surface area contributed by atoms with Gasteiger partial charge in [-0.3, -0.25) is 9.78 Å². The number of amides is 1. The number of hydrogen-bond donors (Lipinski definition) is 1. The van der Waals surface area contributed by atoms with Crippen LogP contribution in [0.4, 0.5) is 5.69 Å². The summed E-state index contributed by atoms with van der Waals surface area (Å²) in [5, 5.41) is 3.31. The van der Waals surface area contributed by atoms with Gasteiger partial charge in [-0.1, -0.05) is 23.7 Å². The fraction of sp³-hybridized carbons (Fsp3) is 0.182. The molecule has 0 atom stereocenters. The van der Waals surface area contributed by atoms with Crippen molar-refractivity contribution in [3.63, 3.8) is 0 Å². The van der Waals surface area contributed by atoms with Crippen LogP contribution in [0.2, 0.25) is 5.02 Å². The average Bonchev–Trinajstić information content (AvgIpc) is 2.81. The van der Waals surface area contributed by atoms with Crippen molar-refractivity contribution >= 4 is 33.2 Å². The number of ether oxygens (including phenoxy) is 1. The van der Waals surface area contributed by atoms with Crippen LogP contribution >= 0.6 is 11.6 Å². The van der Waals surface area contributed by atoms with Crippen LogP contribution in [0.5, 0.6) is 0 Å².